The molecule has 0 atom stereocenters. The van der Waals surface area contributed by atoms with Crippen molar-refractivity contribution in [1.29, 1.82) is 0 Å². The summed E-state index contributed by atoms with van der Waals surface area (Å²) in [6, 6.07) is 9.11. The Morgan fingerprint density at radius 3 is 2.14 bits per heavy atom. The smallest absolute Gasteiger partial charge is 0.0219 e. The highest BCUT2D eigenvalue weighted by atomic mass is 14.0. The first-order valence-electron chi connectivity index (χ1n) is 5.83. The number of benzene rings is 1. The highest BCUT2D eigenvalue weighted by molar-refractivity contribution is 5.24. The van der Waals surface area contributed by atoms with Crippen molar-refractivity contribution in [2.24, 2.45) is 0 Å². The Labute approximate surface area is 88.4 Å². The summed E-state index contributed by atoms with van der Waals surface area (Å²) in [5, 5.41) is 0. The van der Waals surface area contributed by atoms with Crippen molar-refractivity contribution in [3.8, 4) is 0 Å². The van der Waals surface area contributed by atoms with Crippen LogP contribution in [0.5, 0.6) is 0 Å². The molecule has 1 rings (SSSR count). The lowest BCUT2D eigenvalue weighted by Crippen LogP contribution is -1.89. The average molecular weight is 190 g/mol. The van der Waals surface area contributed by atoms with Crippen molar-refractivity contribution in [3.05, 3.63) is 35.4 Å². The minimum absolute atomic E-state index is 0.652. The van der Waals surface area contributed by atoms with Gasteiger partial charge in [-0.25, -0.2) is 0 Å². The van der Waals surface area contributed by atoms with Gasteiger partial charge in [0.1, 0.15) is 0 Å². The molecule has 0 aliphatic rings. The Kier molecular flexibility index (Phi) is 4.72. The van der Waals surface area contributed by atoms with E-state index >= 15 is 0 Å². The van der Waals surface area contributed by atoms with E-state index in [1.54, 1.807) is 0 Å². The van der Waals surface area contributed by atoms with Crippen molar-refractivity contribution < 1.29 is 0 Å². The molecule has 0 nitrogen and oxygen atoms in total. The van der Waals surface area contributed by atoms with Crippen LogP contribution in [0.1, 0.15) is 57.1 Å². The second-order valence-corrected chi connectivity index (χ2v) is 4.35. The molecule has 0 saturated carbocycles. The first-order chi connectivity index (χ1) is 6.74. The molecule has 0 spiro atoms. The maximum atomic E-state index is 2.28. The van der Waals surface area contributed by atoms with Crippen LogP contribution in [0, 0.1) is 0 Å². The summed E-state index contributed by atoms with van der Waals surface area (Å²) < 4.78 is 0. The van der Waals surface area contributed by atoms with E-state index in [9.17, 15) is 0 Å². The number of aryl methyl sites for hydroxylation is 1. The first-order valence-corrected chi connectivity index (χ1v) is 5.83. The van der Waals surface area contributed by atoms with Gasteiger partial charge in [0.05, 0.1) is 0 Å². The summed E-state index contributed by atoms with van der Waals surface area (Å²) in [5.41, 5.74) is 2.94. The molecule has 0 N–H and O–H groups in total. The molecule has 0 heterocycles. The fourth-order valence-electron chi connectivity index (χ4n) is 1.65. The fraction of sp³-hybridized carbons (Fsp3) is 0.571. The van der Waals surface area contributed by atoms with Crippen LogP contribution in [-0.2, 0) is 6.42 Å². The Balaban J connectivity index is 2.47. The van der Waals surface area contributed by atoms with Gasteiger partial charge in [0.25, 0.3) is 0 Å². The molecule has 0 aliphatic carbocycles. The maximum absolute atomic E-state index is 2.28. The Morgan fingerprint density at radius 1 is 1.00 bits per heavy atom. The Bertz CT molecular complexity index is 243. The lowest BCUT2D eigenvalue weighted by molar-refractivity contribution is 0.717. The van der Waals surface area contributed by atoms with E-state index in [1.807, 2.05) is 0 Å². The van der Waals surface area contributed by atoms with Crippen LogP contribution in [0.25, 0.3) is 0 Å². The largest absolute Gasteiger partial charge is 0.0654 e. The third-order valence-corrected chi connectivity index (χ3v) is 2.72. The SMILES string of the molecule is CCCCCc1ccc(C(C)C)cc1. The second kappa shape index (κ2) is 5.85. The summed E-state index contributed by atoms with van der Waals surface area (Å²) in [4.78, 5) is 0. The third-order valence-electron chi connectivity index (χ3n) is 2.72. The normalized spacial score (nSPS) is 10.9. The van der Waals surface area contributed by atoms with Crippen LogP contribution >= 0.6 is 0 Å². The van der Waals surface area contributed by atoms with E-state index in [2.05, 4.69) is 45.0 Å². The van der Waals surface area contributed by atoms with Gasteiger partial charge in [-0.15, -0.1) is 0 Å². The van der Waals surface area contributed by atoms with E-state index in [-0.39, 0.29) is 0 Å². The number of rotatable bonds is 5. The minimum Gasteiger partial charge on any atom is -0.0654 e. The zero-order chi connectivity index (χ0) is 10.4. The molecule has 0 saturated heterocycles. The van der Waals surface area contributed by atoms with Gasteiger partial charge in [-0.05, 0) is 29.9 Å². The molecule has 78 valence electrons. The van der Waals surface area contributed by atoms with Gasteiger partial charge in [0.2, 0.25) is 0 Å². The molecule has 0 amide bonds. The molecular weight excluding hydrogens is 168 g/mol. The van der Waals surface area contributed by atoms with E-state index in [0.29, 0.717) is 5.92 Å². The van der Waals surface area contributed by atoms with E-state index in [4.69, 9.17) is 0 Å². The van der Waals surface area contributed by atoms with Crippen molar-refractivity contribution in [1.82, 2.24) is 0 Å². The molecular formula is C14H22. The van der Waals surface area contributed by atoms with E-state index < -0.39 is 0 Å². The van der Waals surface area contributed by atoms with Crippen LogP contribution < -0.4 is 0 Å². The van der Waals surface area contributed by atoms with Gasteiger partial charge < -0.3 is 0 Å². The number of hydrogen-bond acceptors (Lipinski definition) is 0. The van der Waals surface area contributed by atoms with Crippen LogP contribution in [0.2, 0.25) is 0 Å². The summed E-state index contributed by atoms with van der Waals surface area (Å²) >= 11 is 0. The molecule has 0 radical (unpaired) electrons. The maximum Gasteiger partial charge on any atom is -0.0219 e. The van der Waals surface area contributed by atoms with Crippen molar-refractivity contribution >= 4 is 0 Å². The molecule has 0 aliphatic heterocycles. The van der Waals surface area contributed by atoms with Gasteiger partial charge in [-0.2, -0.15) is 0 Å². The molecule has 1 aromatic rings. The third kappa shape index (κ3) is 3.53. The Hall–Kier alpha value is -0.780. The van der Waals surface area contributed by atoms with Crippen LogP contribution in [0.3, 0.4) is 0 Å². The topological polar surface area (TPSA) is 0 Å². The second-order valence-electron chi connectivity index (χ2n) is 4.35. The van der Waals surface area contributed by atoms with Crippen molar-refractivity contribution in [2.45, 2.75) is 52.4 Å². The molecule has 0 fully saturated rings. The fourth-order valence-corrected chi connectivity index (χ4v) is 1.65. The summed E-state index contributed by atoms with van der Waals surface area (Å²) in [6.07, 6.45) is 5.24. The van der Waals surface area contributed by atoms with Gasteiger partial charge in [0, 0.05) is 0 Å². The van der Waals surface area contributed by atoms with Crippen molar-refractivity contribution in [2.75, 3.05) is 0 Å². The molecule has 14 heavy (non-hydrogen) atoms. The monoisotopic (exact) mass is 190 g/mol. The van der Waals surface area contributed by atoms with Crippen LogP contribution in [0.4, 0.5) is 0 Å². The summed E-state index contributed by atoms with van der Waals surface area (Å²) in [7, 11) is 0. The first kappa shape index (κ1) is 11.3. The molecule has 0 bridgehead atoms. The molecule has 0 unspecified atom stereocenters. The highest BCUT2D eigenvalue weighted by Crippen LogP contribution is 2.15. The zero-order valence-corrected chi connectivity index (χ0v) is 9.72. The highest BCUT2D eigenvalue weighted by Gasteiger charge is 1.98. The lowest BCUT2D eigenvalue weighted by Gasteiger charge is -2.06. The Morgan fingerprint density at radius 2 is 1.64 bits per heavy atom. The van der Waals surface area contributed by atoms with Crippen LogP contribution in [-0.4, -0.2) is 0 Å². The van der Waals surface area contributed by atoms with Gasteiger partial charge >= 0.3 is 0 Å². The average Bonchev–Trinajstić information content (AvgIpc) is 2.19. The molecule has 0 heteroatoms. The van der Waals surface area contributed by atoms with Crippen LogP contribution in [0.15, 0.2) is 24.3 Å². The summed E-state index contributed by atoms with van der Waals surface area (Å²) in [6.45, 7) is 6.74. The number of unbranched alkanes of at least 4 members (excludes halogenated alkanes) is 2. The van der Waals surface area contributed by atoms with Gasteiger partial charge in [-0.3, -0.25) is 0 Å². The molecule has 1 aromatic carbocycles. The number of hydrogen-bond donors (Lipinski definition) is 0. The molecule has 0 aromatic heterocycles. The lowest BCUT2D eigenvalue weighted by atomic mass is 10.00. The summed E-state index contributed by atoms with van der Waals surface area (Å²) in [5.74, 6) is 0.652. The van der Waals surface area contributed by atoms with Crippen molar-refractivity contribution in [3.63, 3.8) is 0 Å². The van der Waals surface area contributed by atoms with E-state index in [1.165, 1.54) is 36.8 Å². The predicted octanol–water partition coefficient (Wildman–Crippen LogP) is 4.54. The predicted molar refractivity (Wildman–Crippen MR) is 63.8 cm³/mol. The van der Waals surface area contributed by atoms with E-state index in [0.717, 1.165) is 0 Å². The standard InChI is InChI=1S/C14H22/c1-4-5-6-7-13-8-10-14(11-9-13)12(2)3/h8-12H,4-7H2,1-3H3. The van der Waals surface area contributed by atoms with Gasteiger partial charge in [-0.1, -0.05) is 57.9 Å². The van der Waals surface area contributed by atoms with Gasteiger partial charge in [0.15, 0.2) is 0 Å². The quantitative estimate of drug-likeness (QED) is 0.598. The minimum atomic E-state index is 0.652. The zero-order valence-electron chi connectivity index (χ0n) is 9.72.